The van der Waals surface area contributed by atoms with Gasteiger partial charge in [0.1, 0.15) is 11.6 Å². The van der Waals surface area contributed by atoms with Gasteiger partial charge in [0.05, 0.1) is 5.56 Å². The Balaban J connectivity index is 1.72. The van der Waals surface area contributed by atoms with Gasteiger partial charge >= 0.3 is 12.3 Å². The molecule has 2 heterocycles. The van der Waals surface area contributed by atoms with E-state index in [9.17, 15) is 27.6 Å². The number of imide groups is 1. The summed E-state index contributed by atoms with van der Waals surface area (Å²) >= 11 is 0. The second-order valence-electron chi connectivity index (χ2n) is 9.19. The topological polar surface area (TPSA) is 87.7 Å². The molecule has 32 heavy (non-hydrogen) atoms. The Morgan fingerprint density at radius 2 is 1.78 bits per heavy atom. The lowest BCUT2D eigenvalue weighted by atomic mass is 9.86. The Hall–Kier alpha value is -2.78. The quantitative estimate of drug-likeness (QED) is 0.672. The van der Waals surface area contributed by atoms with E-state index >= 15 is 0 Å². The van der Waals surface area contributed by atoms with Gasteiger partial charge in [-0.2, -0.15) is 13.2 Å². The number of piperidine rings is 2. The molecule has 3 rings (SSSR count). The number of anilines is 1. The van der Waals surface area contributed by atoms with Gasteiger partial charge in [-0.25, -0.2) is 4.79 Å². The van der Waals surface area contributed by atoms with Gasteiger partial charge in [0.25, 0.3) is 0 Å². The Morgan fingerprint density at radius 1 is 1.12 bits per heavy atom. The maximum absolute atomic E-state index is 13.8. The van der Waals surface area contributed by atoms with Crippen LogP contribution in [0.1, 0.15) is 63.5 Å². The van der Waals surface area contributed by atoms with E-state index in [1.54, 1.807) is 20.8 Å². The van der Waals surface area contributed by atoms with E-state index in [4.69, 9.17) is 4.74 Å². The van der Waals surface area contributed by atoms with Gasteiger partial charge in [0, 0.05) is 25.2 Å². The molecule has 0 radical (unpaired) electrons. The molecule has 1 aromatic carbocycles. The lowest BCUT2D eigenvalue weighted by molar-refractivity contribution is -0.138. The zero-order valence-electron chi connectivity index (χ0n) is 18.3. The minimum absolute atomic E-state index is 0.129. The average molecular weight is 455 g/mol. The van der Waals surface area contributed by atoms with Crippen LogP contribution < -0.4 is 10.6 Å². The van der Waals surface area contributed by atoms with Crippen LogP contribution in [0.15, 0.2) is 18.2 Å². The van der Waals surface area contributed by atoms with Gasteiger partial charge in [-0.3, -0.25) is 14.9 Å². The molecule has 1 unspecified atom stereocenters. The number of benzene rings is 1. The van der Waals surface area contributed by atoms with E-state index in [-0.39, 0.29) is 30.0 Å². The molecule has 1 aromatic rings. The number of hydrogen-bond acceptors (Lipinski definition) is 5. The minimum Gasteiger partial charge on any atom is -0.444 e. The first kappa shape index (κ1) is 23.9. The molecule has 7 nitrogen and oxygen atoms in total. The van der Waals surface area contributed by atoms with Crippen LogP contribution in [0.3, 0.4) is 0 Å². The number of carbonyl (C=O) groups is 3. The van der Waals surface area contributed by atoms with Crippen LogP contribution in [0.4, 0.5) is 23.7 Å². The summed E-state index contributed by atoms with van der Waals surface area (Å²) < 4.78 is 46.9. The highest BCUT2D eigenvalue weighted by Gasteiger charge is 2.37. The van der Waals surface area contributed by atoms with E-state index in [1.807, 2.05) is 0 Å². The molecule has 176 valence electrons. The summed E-state index contributed by atoms with van der Waals surface area (Å²) in [6.07, 6.45) is -3.90. The molecule has 2 saturated heterocycles. The van der Waals surface area contributed by atoms with Crippen molar-refractivity contribution in [2.75, 3.05) is 18.4 Å². The van der Waals surface area contributed by atoms with Gasteiger partial charge in [-0.15, -0.1) is 0 Å². The number of rotatable bonds is 3. The smallest absolute Gasteiger partial charge is 0.416 e. The summed E-state index contributed by atoms with van der Waals surface area (Å²) in [5, 5.41) is 4.98. The summed E-state index contributed by atoms with van der Waals surface area (Å²) in [6, 6.07) is 3.20. The maximum Gasteiger partial charge on any atom is 0.416 e. The van der Waals surface area contributed by atoms with E-state index < -0.39 is 41.3 Å². The molecule has 2 fully saturated rings. The van der Waals surface area contributed by atoms with Crippen molar-refractivity contribution >= 4 is 23.6 Å². The largest absolute Gasteiger partial charge is 0.444 e. The summed E-state index contributed by atoms with van der Waals surface area (Å²) in [7, 11) is 0. The number of carbonyl (C=O) groups excluding carboxylic acids is 3. The van der Waals surface area contributed by atoms with E-state index in [0.29, 0.717) is 25.9 Å². The van der Waals surface area contributed by atoms with E-state index in [0.717, 1.165) is 6.07 Å². The Labute approximate surface area is 184 Å². The average Bonchev–Trinajstić information content (AvgIpc) is 2.68. The SMILES string of the molecule is CC(C)(C)OC(=O)N1CCC(c2ccc(NC3CCC(=O)NC3=O)cc2C(F)(F)F)CC1. The van der Waals surface area contributed by atoms with Crippen molar-refractivity contribution in [1.29, 1.82) is 0 Å². The standard InChI is InChI=1S/C22H28F3N3O4/c1-21(2,3)32-20(31)28-10-8-13(9-11-28)15-5-4-14(12-16(15)22(23,24)25)26-17-6-7-18(29)27-19(17)30/h4-5,12-13,17,26H,6-11H2,1-3H3,(H,27,29,30). The van der Waals surface area contributed by atoms with Crippen LogP contribution >= 0.6 is 0 Å². The first-order valence-corrected chi connectivity index (χ1v) is 10.6. The van der Waals surface area contributed by atoms with Crippen molar-refractivity contribution in [2.45, 2.75) is 70.2 Å². The predicted octanol–water partition coefficient (Wildman–Crippen LogP) is 4.04. The molecule has 2 aliphatic heterocycles. The van der Waals surface area contributed by atoms with Crippen LogP contribution in [-0.4, -0.2) is 47.5 Å². The Bertz CT molecular complexity index is 887. The molecule has 10 heteroatoms. The number of amides is 3. The van der Waals surface area contributed by atoms with Crippen LogP contribution in [0, 0.1) is 0 Å². The summed E-state index contributed by atoms with van der Waals surface area (Å²) in [5.74, 6) is -1.29. The zero-order chi connectivity index (χ0) is 23.7. The van der Waals surface area contributed by atoms with Crippen LogP contribution in [0.25, 0.3) is 0 Å². The lowest BCUT2D eigenvalue weighted by Crippen LogP contribution is -2.47. The van der Waals surface area contributed by atoms with Gasteiger partial charge in [0.15, 0.2) is 0 Å². The fraction of sp³-hybridized carbons (Fsp3) is 0.591. The third kappa shape index (κ3) is 5.92. The first-order valence-electron chi connectivity index (χ1n) is 10.6. The third-order valence-electron chi connectivity index (χ3n) is 5.53. The molecule has 0 saturated carbocycles. The van der Waals surface area contributed by atoms with Crippen molar-refractivity contribution < 1.29 is 32.3 Å². The first-order chi connectivity index (χ1) is 14.8. The molecule has 2 aliphatic rings. The van der Waals surface area contributed by atoms with Crippen molar-refractivity contribution in [3.8, 4) is 0 Å². The van der Waals surface area contributed by atoms with Crippen molar-refractivity contribution in [3.63, 3.8) is 0 Å². The van der Waals surface area contributed by atoms with E-state index in [2.05, 4.69) is 10.6 Å². The number of ether oxygens (including phenoxy) is 1. The molecule has 3 amide bonds. The molecular formula is C22H28F3N3O4. The highest BCUT2D eigenvalue weighted by atomic mass is 19.4. The number of alkyl halides is 3. The zero-order valence-corrected chi connectivity index (χ0v) is 18.3. The summed E-state index contributed by atoms with van der Waals surface area (Å²) in [4.78, 5) is 36.9. The summed E-state index contributed by atoms with van der Waals surface area (Å²) in [6.45, 7) is 5.91. The van der Waals surface area contributed by atoms with Crippen molar-refractivity contribution in [2.24, 2.45) is 0 Å². The summed E-state index contributed by atoms with van der Waals surface area (Å²) in [5.41, 5.74) is -1.05. The second-order valence-corrected chi connectivity index (χ2v) is 9.19. The van der Waals surface area contributed by atoms with Crippen LogP contribution in [0.5, 0.6) is 0 Å². The van der Waals surface area contributed by atoms with E-state index in [1.165, 1.54) is 17.0 Å². The van der Waals surface area contributed by atoms with Crippen molar-refractivity contribution in [1.82, 2.24) is 10.2 Å². The van der Waals surface area contributed by atoms with Crippen LogP contribution in [-0.2, 0) is 20.5 Å². The third-order valence-corrected chi connectivity index (χ3v) is 5.53. The number of likely N-dealkylation sites (tertiary alicyclic amines) is 1. The van der Waals surface area contributed by atoms with Gasteiger partial charge in [-0.05, 0) is 63.6 Å². The molecule has 1 atom stereocenters. The predicted molar refractivity (Wildman–Crippen MR) is 111 cm³/mol. The molecular weight excluding hydrogens is 427 g/mol. The van der Waals surface area contributed by atoms with Gasteiger partial charge in [-0.1, -0.05) is 6.07 Å². The van der Waals surface area contributed by atoms with Crippen LogP contribution in [0.2, 0.25) is 0 Å². The fourth-order valence-corrected chi connectivity index (χ4v) is 3.98. The number of halogens is 3. The number of nitrogens with zero attached hydrogens (tertiary/aromatic N) is 1. The van der Waals surface area contributed by atoms with Gasteiger partial charge in [0.2, 0.25) is 11.8 Å². The molecule has 0 aromatic heterocycles. The monoisotopic (exact) mass is 455 g/mol. The Morgan fingerprint density at radius 3 is 2.34 bits per heavy atom. The molecule has 2 N–H and O–H groups in total. The van der Waals surface area contributed by atoms with Gasteiger partial charge < -0.3 is 15.0 Å². The minimum atomic E-state index is -4.57. The Kier molecular flexibility index (Phi) is 6.71. The molecule has 0 bridgehead atoms. The highest BCUT2D eigenvalue weighted by Crippen LogP contribution is 2.40. The number of hydrogen-bond donors (Lipinski definition) is 2. The maximum atomic E-state index is 13.8. The number of nitrogens with one attached hydrogen (secondary N) is 2. The molecule has 0 spiro atoms. The normalized spacial score (nSPS) is 20.7. The lowest BCUT2D eigenvalue weighted by Gasteiger charge is -2.34. The second kappa shape index (κ2) is 8.99. The van der Waals surface area contributed by atoms with Crippen molar-refractivity contribution in [3.05, 3.63) is 29.3 Å². The highest BCUT2D eigenvalue weighted by molar-refractivity contribution is 6.01. The fourth-order valence-electron chi connectivity index (χ4n) is 3.98. The molecule has 0 aliphatic carbocycles.